The van der Waals surface area contributed by atoms with Crippen LogP contribution in [0.25, 0.3) is 0 Å². The van der Waals surface area contributed by atoms with Gasteiger partial charge in [-0.05, 0) is 25.3 Å². The van der Waals surface area contributed by atoms with Gasteiger partial charge in [0.15, 0.2) is 5.92 Å². The third-order valence-corrected chi connectivity index (χ3v) is 2.93. The lowest BCUT2D eigenvalue weighted by atomic mass is 10.1. The van der Waals surface area contributed by atoms with E-state index in [1.807, 2.05) is 37.3 Å². The van der Waals surface area contributed by atoms with E-state index in [4.69, 9.17) is 5.26 Å². The Morgan fingerprint density at radius 1 is 1.26 bits per heavy atom. The molecule has 0 radical (unpaired) electrons. The molecule has 0 aliphatic heterocycles. The molecule has 19 heavy (non-hydrogen) atoms. The van der Waals surface area contributed by atoms with Gasteiger partial charge in [0.25, 0.3) is 0 Å². The molecule has 0 saturated carbocycles. The van der Waals surface area contributed by atoms with Gasteiger partial charge in [0.1, 0.15) is 0 Å². The van der Waals surface area contributed by atoms with E-state index in [0.717, 1.165) is 18.4 Å². The second-order valence-corrected chi connectivity index (χ2v) is 4.56. The summed E-state index contributed by atoms with van der Waals surface area (Å²) in [5.41, 5.74) is 1.16. The third-order valence-electron chi connectivity index (χ3n) is 2.93. The summed E-state index contributed by atoms with van der Waals surface area (Å²) in [4.78, 5) is 0. The summed E-state index contributed by atoms with van der Waals surface area (Å²) in [6.45, 7) is 1.48. The Morgan fingerprint density at radius 3 is 2.42 bits per heavy atom. The zero-order chi connectivity index (χ0) is 14.3. The summed E-state index contributed by atoms with van der Waals surface area (Å²) in [5, 5.41) is 11.2. The molecule has 0 aliphatic rings. The summed E-state index contributed by atoms with van der Waals surface area (Å²) in [5.74, 6) is -1.94. The predicted octanol–water partition coefficient (Wildman–Crippen LogP) is 3.30. The molecule has 1 rings (SSSR count). The summed E-state index contributed by atoms with van der Waals surface area (Å²) in [6, 6.07) is 11.0. The van der Waals surface area contributed by atoms with E-state index in [1.54, 1.807) is 0 Å². The van der Waals surface area contributed by atoms with Gasteiger partial charge in [0.05, 0.1) is 6.07 Å². The number of nitriles is 1. The molecule has 0 aliphatic carbocycles. The van der Waals surface area contributed by atoms with Crippen molar-refractivity contribution in [3.8, 4) is 6.07 Å². The molecule has 0 spiro atoms. The van der Waals surface area contributed by atoms with Gasteiger partial charge in [-0.15, -0.1) is 0 Å². The topological polar surface area (TPSA) is 35.8 Å². The zero-order valence-electron chi connectivity index (χ0n) is 10.7. The Kier molecular flexibility index (Phi) is 5.84. The molecule has 0 heterocycles. The summed E-state index contributed by atoms with van der Waals surface area (Å²) < 4.78 is 37.1. The van der Waals surface area contributed by atoms with Crippen LogP contribution in [0.1, 0.15) is 18.9 Å². The van der Waals surface area contributed by atoms with Crippen LogP contribution in [0, 0.1) is 17.2 Å². The van der Waals surface area contributed by atoms with Gasteiger partial charge >= 0.3 is 6.18 Å². The van der Waals surface area contributed by atoms with E-state index >= 15 is 0 Å². The fraction of sp³-hybridized carbons (Fsp3) is 0.500. The van der Waals surface area contributed by atoms with E-state index < -0.39 is 12.1 Å². The summed E-state index contributed by atoms with van der Waals surface area (Å²) in [6.07, 6.45) is -2.92. The first-order valence-electron chi connectivity index (χ1n) is 6.17. The van der Waals surface area contributed by atoms with Gasteiger partial charge in [-0.2, -0.15) is 18.4 Å². The molecule has 104 valence electrons. The van der Waals surface area contributed by atoms with E-state index in [2.05, 4.69) is 5.32 Å². The predicted molar refractivity (Wildman–Crippen MR) is 67.4 cm³/mol. The zero-order valence-corrected chi connectivity index (χ0v) is 10.7. The molecule has 0 amide bonds. The molecule has 2 unspecified atom stereocenters. The highest BCUT2D eigenvalue weighted by Crippen LogP contribution is 2.25. The van der Waals surface area contributed by atoms with Crippen LogP contribution in [0.2, 0.25) is 0 Å². The average molecular weight is 270 g/mol. The lowest BCUT2D eigenvalue weighted by Gasteiger charge is -2.18. The number of benzene rings is 1. The second kappa shape index (κ2) is 7.15. The van der Waals surface area contributed by atoms with Crippen molar-refractivity contribution in [1.82, 2.24) is 5.32 Å². The van der Waals surface area contributed by atoms with Crippen molar-refractivity contribution < 1.29 is 13.2 Å². The number of rotatable bonds is 6. The smallest absolute Gasteiger partial charge is 0.313 e. The van der Waals surface area contributed by atoms with Crippen LogP contribution in [0.5, 0.6) is 0 Å². The molecular weight excluding hydrogens is 253 g/mol. The molecule has 2 nitrogen and oxygen atoms in total. The van der Waals surface area contributed by atoms with Crippen molar-refractivity contribution in [3.05, 3.63) is 35.9 Å². The van der Waals surface area contributed by atoms with Gasteiger partial charge in [-0.3, -0.25) is 0 Å². The first-order chi connectivity index (χ1) is 8.93. The van der Waals surface area contributed by atoms with Crippen LogP contribution in [0.3, 0.4) is 0 Å². The first kappa shape index (κ1) is 15.5. The SMILES string of the molecule is CC(CCc1ccccc1)NCC(C#N)C(F)(F)F. The van der Waals surface area contributed by atoms with Crippen molar-refractivity contribution in [2.45, 2.75) is 32.0 Å². The minimum atomic E-state index is -4.46. The second-order valence-electron chi connectivity index (χ2n) is 4.56. The first-order valence-corrected chi connectivity index (χ1v) is 6.17. The van der Waals surface area contributed by atoms with E-state index in [9.17, 15) is 13.2 Å². The van der Waals surface area contributed by atoms with Crippen LogP contribution in [-0.2, 0) is 6.42 Å². The van der Waals surface area contributed by atoms with Crippen LogP contribution in [0.4, 0.5) is 13.2 Å². The van der Waals surface area contributed by atoms with E-state index in [-0.39, 0.29) is 12.6 Å². The molecule has 1 aromatic rings. The maximum atomic E-state index is 12.4. The lowest BCUT2D eigenvalue weighted by Crippen LogP contribution is -2.37. The maximum absolute atomic E-state index is 12.4. The number of halogens is 3. The Hall–Kier alpha value is -1.54. The van der Waals surface area contributed by atoms with Crippen molar-refractivity contribution >= 4 is 0 Å². The van der Waals surface area contributed by atoms with Crippen LogP contribution in [0.15, 0.2) is 30.3 Å². The fourth-order valence-corrected chi connectivity index (χ4v) is 1.68. The van der Waals surface area contributed by atoms with E-state index in [0.29, 0.717) is 0 Å². The standard InChI is InChI=1S/C14H17F3N2/c1-11(7-8-12-5-3-2-4-6-12)19-10-13(9-18)14(15,16)17/h2-6,11,13,19H,7-8,10H2,1H3. The number of alkyl halides is 3. The molecule has 1 N–H and O–H groups in total. The van der Waals surface area contributed by atoms with Gasteiger partial charge in [-0.25, -0.2) is 0 Å². The van der Waals surface area contributed by atoms with Gasteiger partial charge in [0, 0.05) is 12.6 Å². The molecule has 0 bridgehead atoms. The monoisotopic (exact) mass is 270 g/mol. The summed E-state index contributed by atoms with van der Waals surface area (Å²) in [7, 11) is 0. The average Bonchev–Trinajstić information content (AvgIpc) is 2.36. The molecule has 0 aromatic heterocycles. The number of nitrogens with one attached hydrogen (secondary N) is 1. The highest BCUT2D eigenvalue weighted by atomic mass is 19.4. The number of nitrogens with zero attached hydrogens (tertiary/aromatic N) is 1. The number of hydrogen-bond acceptors (Lipinski definition) is 2. The highest BCUT2D eigenvalue weighted by molar-refractivity contribution is 5.14. The lowest BCUT2D eigenvalue weighted by molar-refractivity contribution is -0.157. The molecule has 5 heteroatoms. The Labute approximate surface area is 111 Å². The third kappa shape index (κ3) is 5.75. The molecule has 1 aromatic carbocycles. The Balaban J connectivity index is 2.32. The highest BCUT2D eigenvalue weighted by Gasteiger charge is 2.39. The van der Waals surface area contributed by atoms with Gasteiger partial charge in [-0.1, -0.05) is 30.3 Å². The van der Waals surface area contributed by atoms with E-state index in [1.165, 1.54) is 6.07 Å². The van der Waals surface area contributed by atoms with Crippen LogP contribution in [-0.4, -0.2) is 18.8 Å². The summed E-state index contributed by atoms with van der Waals surface area (Å²) >= 11 is 0. The van der Waals surface area contributed by atoms with Crippen molar-refractivity contribution in [2.75, 3.05) is 6.54 Å². The fourth-order valence-electron chi connectivity index (χ4n) is 1.68. The molecule has 0 fully saturated rings. The van der Waals surface area contributed by atoms with Crippen molar-refractivity contribution in [3.63, 3.8) is 0 Å². The van der Waals surface area contributed by atoms with Crippen LogP contribution >= 0.6 is 0 Å². The van der Waals surface area contributed by atoms with Gasteiger partial charge < -0.3 is 5.32 Å². The molecular formula is C14H17F3N2. The largest absolute Gasteiger partial charge is 0.405 e. The van der Waals surface area contributed by atoms with Crippen molar-refractivity contribution in [2.24, 2.45) is 5.92 Å². The number of hydrogen-bond donors (Lipinski definition) is 1. The maximum Gasteiger partial charge on any atom is 0.405 e. The normalized spacial score (nSPS) is 14.7. The van der Waals surface area contributed by atoms with Crippen LogP contribution < -0.4 is 5.32 Å². The Bertz CT molecular complexity index is 409. The van der Waals surface area contributed by atoms with Crippen molar-refractivity contribution in [1.29, 1.82) is 5.26 Å². The molecule has 2 atom stereocenters. The number of aryl methyl sites for hydroxylation is 1. The minimum absolute atomic E-state index is 0.0570. The minimum Gasteiger partial charge on any atom is -0.313 e. The quantitative estimate of drug-likeness (QED) is 0.861. The Morgan fingerprint density at radius 2 is 1.89 bits per heavy atom. The van der Waals surface area contributed by atoms with Gasteiger partial charge in [0.2, 0.25) is 0 Å². The molecule has 0 saturated heterocycles.